The SMILES string of the molecule is COCCNC(=O)Cc1sc(-c2cccc(C)c2)nc1C. The van der Waals surface area contributed by atoms with Gasteiger partial charge < -0.3 is 10.1 Å². The fourth-order valence-electron chi connectivity index (χ4n) is 1.99. The highest BCUT2D eigenvalue weighted by molar-refractivity contribution is 7.15. The van der Waals surface area contributed by atoms with E-state index in [0.29, 0.717) is 19.6 Å². The zero-order chi connectivity index (χ0) is 15.2. The highest BCUT2D eigenvalue weighted by Gasteiger charge is 2.12. The van der Waals surface area contributed by atoms with Gasteiger partial charge in [-0.1, -0.05) is 23.8 Å². The summed E-state index contributed by atoms with van der Waals surface area (Å²) in [7, 11) is 1.62. The van der Waals surface area contributed by atoms with Crippen molar-refractivity contribution in [1.82, 2.24) is 10.3 Å². The lowest BCUT2D eigenvalue weighted by atomic mass is 10.1. The molecule has 0 atom stereocenters. The van der Waals surface area contributed by atoms with E-state index >= 15 is 0 Å². The fraction of sp³-hybridized carbons (Fsp3) is 0.375. The van der Waals surface area contributed by atoms with Crippen molar-refractivity contribution < 1.29 is 9.53 Å². The molecule has 0 saturated carbocycles. The standard InChI is InChI=1S/C16H20N2O2S/c1-11-5-4-6-13(9-11)16-18-12(2)14(21-16)10-15(19)17-7-8-20-3/h4-6,9H,7-8,10H2,1-3H3,(H,17,19). The van der Waals surface area contributed by atoms with Crippen molar-refractivity contribution in [3.05, 3.63) is 40.4 Å². The Bertz CT molecular complexity index is 622. The van der Waals surface area contributed by atoms with E-state index in [1.165, 1.54) is 5.56 Å². The van der Waals surface area contributed by atoms with Gasteiger partial charge in [-0.15, -0.1) is 11.3 Å². The summed E-state index contributed by atoms with van der Waals surface area (Å²) in [5.74, 6) is 0.00888. The van der Waals surface area contributed by atoms with Crippen LogP contribution in [0.1, 0.15) is 16.1 Å². The van der Waals surface area contributed by atoms with E-state index in [0.717, 1.165) is 21.1 Å². The molecule has 0 aliphatic rings. The van der Waals surface area contributed by atoms with Gasteiger partial charge in [-0.3, -0.25) is 4.79 Å². The highest BCUT2D eigenvalue weighted by Crippen LogP contribution is 2.28. The van der Waals surface area contributed by atoms with Gasteiger partial charge in [-0.2, -0.15) is 0 Å². The normalized spacial score (nSPS) is 10.6. The van der Waals surface area contributed by atoms with Crippen molar-refractivity contribution in [2.45, 2.75) is 20.3 Å². The van der Waals surface area contributed by atoms with E-state index in [1.807, 2.05) is 19.1 Å². The van der Waals surface area contributed by atoms with Crippen molar-refractivity contribution in [3.8, 4) is 10.6 Å². The number of benzene rings is 1. The molecule has 1 aromatic heterocycles. The number of hydrogen-bond donors (Lipinski definition) is 1. The zero-order valence-electron chi connectivity index (χ0n) is 12.6. The molecule has 0 saturated heterocycles. The van der Waals surface area contributed by atoms with Crippen LogP contribution < -0.4 is 5.32 Å². The Morgan fingerprint density at radius 1 is 1.38 bits per heavy atom. The van der Waals surface area contributed by atoms with Gasteiger partial charge in [0.05, 0.1) is 18.7 Å². The van der Waals surface area contributed by atoms with Crippen LogP contribution in [-0.4, -0.2) is 31.2 Å². The van der Waals surface area contributed by atoms with Crippen molar-refractivity contribution in [1.29, 1.82) is 0 Å². The molecule has 0 bridgehead atoms. The zero-order valence-corrected chi connectivity index (χ0v) is 13.4. The van der Waals surface area contributed by atoms with Gasteiger partial charge in [0.25, 0.3) is 0 Å². The molecular weight excluding hydrogens is 284 g/mol. The molecule has 1 N–H and O–H groups in total. The Hall–Kier alpha value is -1.72. The average Bonchev–Trinajstić information content (AvgIpc) is 2.80. The molecule has 5 heteroatoms. The molecular formula is C16H20N2O2S. The first kappa shape index (κ1) is 15.7. The van der Waals surface area contributed by atoms with Crippen LogP contribution in [0.5, 0.6) is 0 Å². The predicted molar refractivity (Wildman–Crippen MR) is 85.6 cm³/mol. The summed E-state index contributed by atoms with van der Waals surface area (Å²) in [5.41, 5.74) is 3.24. The number of aryl methyl sites for hydroxylation is 2. The Balaban J connectivity index is 2.07. The van der Waals surface area contributed by atoms with E-state index in [1.54, 1.807) is 18.4 Å². The first-order chi connectivity index (χ1) is 10.1. The number of nitrogens with one attached hydrogen (secondary N) is 1. The molecule has 0 aliphatic heterocycles. The molecule has 0 fully saturated rings. The second-order valence-corrected chi connectivity index (χ2v) is 6.00. The van der Waals surface area contributed by atoms with Crippen LogP contribution in [0.2, 0.25) is 0 Å². The van der Waals surface area contributed by atoms with E-state index in [4.69, 9.17) is 4.74 Å². The Morgan fingerprint density at radius 2 is 2.19 bits per heavy atom. The van der Waals surface area contributed by atoms with Crippen LogP contribution in [0.15, 0.2) is 24.3 Å². The van der Waals surface area contributed by atoms with Crippen molar-refractivity contribution in [2.75, 3.05) is 20.3 Å². The Morgan fingerprint density at radius 3 is 2.90 bits per heavy atom. The molecule has 1 heterocycles. The number of carbonyl (C=O) groups is 1. The van der Waals surface area contributed by atoms with Crippen LogP contribution in [0.25, 0.3) is 10.6 Å². The summed E-state index contributed by atoms with van der Waals surface area (Å²) in [5, 5.41) is 3.80. The van der Waals surface area contributed by atoms with Gasteiger partial charge in [-0.05, 0) is 19.9 Å². The van der Waals surface area contributed by atoms with Crippen molar-refractivity contribution >= 4 is 17.2 Å². The van der Waals surface area contributed by atoms with Crippen LogP contribution in [0.4, 0.5) is 0 Å². The van der Waals surface area contributed by atoms with Gasteiger partial charge in [0.1, 0.15) is 5.01 Å². The lowest BCUT2D eigenvalue weighted by molar-refractivity contribution is -0.120. The number of aromatic nitrogens is 1. The number of methoxy groups -OCH3 is 1. The maximum absolute atomic E-state index is 11.9. The minimum atomic E-state index is 0.00888. The lowest BCUT2D eigenvalue weighted by Crippen LogP contribution is -2.28. The smallest absolute Gasteiger partial charge is 0.225 e. The molecule has 0 radical (unpaired) electrons. The Kier molecular flexibility index (Phi) is 5.47. The van der Waals surface area contributed by atoms with E-state index in [2.05, 4.69) is 29.4 Å². The van der Waals surface area contributed by atoms with Gasteiger partial charge >= 0.3 is 0 Å². The number of ether oxygens (including phenoxy) is 1. The molecule has 0 aliphatic carbocycles. The molecule has 1 aromatic carbocycles. The number of nitrogens with zero attached hydrogens (tertiary/aromatic N) is 1. The van der Waals surface area contributed by atoms with Gasteiger partial charge in [0, 0.05) is 24.1 Å². The molecule has 1 amide bonds. The summed E-state index contributed by atoms with van der Waals surface area (Å²) in [6, 6.07) is 8.25. The van der Waals surface area contributed by atoms with Crippen molar-refractivity contribution in [3.63, 3.8) is 0 Å². The third kappa shape index (κ3) is 4.37. The Labute approximate surface area is 129 Å². The molecule has 112 valence electrons. The number of carbonyl (C=O) groups excluding carboxylic acids is 1. The van der Waals surface area contributed by atoms with Crippen LogP contribution in [-0.2, 0) is 16.0 Å². The number of hydrogen-bond acceptors (Lipinski definition) is 4. The van der Waals surface area contributed by atoms with Crippen LogP contribution in [0, 0.1) is 13.8 Å². The van der Waals surface area contributed by atoms with Crippen LogP contribution in [0.3, 0.4) is 0 Å². The van der Waals surface area contributed by atoms with E-state index in [9.17, 15) is 4.79 Å². The number of amides is 1. The molecule has 21 heavy (non-hydrogen) atoms. The topological polar surface area (TPSA) is 51.2 Å². The summed E-state index contributed by atoms with van der Waals surface area (Å²) < 4.78 is 4.91. The quantitative estimate of drug-likeness (QED) is 0.835. The van der Waals surface area contributed by atoms with Gasteiger partial charge in [0.15, 0.2) is 0 Å². The summed E-state index contributed by atoms with van der Waals surface area (Å²) in [6.07, 6.45) is 0.374. The first-order valence-electron chi connectivity index (χ1n) is 6.89. The third-order valence-electron chi connectivity index (χ3n) is 3.11. The average molecular weight is 304 g/mol. The molecule has 2 aromatic rings. The second-order valence-electron chi connectivity index (χ2n) is 4.92. The minimum Gasteiger partial charge on any atom is -0.383 e. The molecule has 0 unspecified atom stereocenters. The minimum absolute atomic E-state index is 0.00888. The molecule has 0 spiro atoms. The van der Waals surface area contributed by atoms with Gasteiger partial charge in [-0.25, -0.2) is 4.98 Å². The summed E-state index contributed by atoms with van der Waals surface area (Å²) in [6.45, 7) is 5.08. The number of thiazole rings is 1. The largest absolute Gasteiger partial charge is 0.383 e. The summed E-state index contributed by atoms with van der Waals surface area (Å²) >= 11 is 1.59. The second kappa shape index (κ2) is 7.33. The monoisotopic (exact) mass is 304 g/mol. The molecule has 2 rings (SSSR count). The van der Waals surface area contributed by atoms with Gasteiger partial charge in [0.2, 0.25) is 5.91 Å². The fourth-order valence-corrected chi connectivity index (χ4v) is 3.05. The molecule has 4 nitrogen and oxygen atoms in total. The number of rotatable bonds is 6. The lowest BCUT2D eigenvalue weighted by Gasteiger charge is -2.03. The highest BCUT2D eigenvalue weighted by atomic mass is 32.1. The third-order valence-corrected chi connectivity index (χ3v) is 4.31. The first-order valence-corrected chi connectivity index (χ1v) is 7.71. The predicted octanol–water partition coefficient (Wildman–Crippen LogP) is 2.73. The van der Waals surface area contributed by atoms with Crippen molar-refractivity contribution in [2.24, 2.45) is 0 Å². The maximum Gasteiger partial charge on any atom is 0.225 e. The van der Waals surface area contributed by atoms with Crippen LogP contribution >= 0.6 is 11.3 Å². The van der Waals surface area contributed by atoms with E-state index < -0.39 is 0 Å². The summed E-state index contributed by atoms with van der Waals surface area (Å²) in [4.78, 5) is 17.5. The maximum atomic E-state index is 11.9. The van der Waals surface area contributed by atoms with E-state index in [-0.39, 0.29) is 5.91 Å².